The Balaban J connectivity index is 2.52. The molecule has 0 amide bonds. The van der Waals surface area contributed by atoms with E-state index in [1.807, 2.05) is 19.1 Å². The van der Waals surface area contributed by atoms with Crippen molar-refractivity contribution in [3.63, 3.8) is 0 Å². The van der Waals surface area contributed by atoms with E-state index in [9.17, 15) is 0 Å². The fraction of sp³-hybridized carbons (Fsp3) is 0.400. The van der Waals surface area contributed by atoms with Crippen molar-refractivity contribution in [2.24, 2.45) is 0 Å². The molecule has 1 rings (SSSR count). The lowest BCUT2D eigenvalue weighted by molar-refractivity contribution is 0.846. The molecule has 76 valence electrons. The molecule has 0 aliphatic carbocycles. The third-order valence-electron chi connectivity index (χ3n) is 1.78. The van der Waals surface area contributed by atoms with Crippen LogP contribution in [0.3, 0.4) is 0 Å². The number of nitrogens with zero attached hydrogens (tertiary/aromatic N) is 1. The number of rotatable bonds is 3. The van der Waals surface area contributed by atoms with Gasteiger partial charge in [0.2, 0.25) is 0 Å². The maximum Gasteiger partial charge on any atom is 0.171 e. The first kappa shape index (κ1) is 10.9. The maximum atomic E-state index is 5.10. The van der Waals surface area contributed by atoms with Gasteiger partial charge in [-0.3, -0.25) is 0 Å². The third-order valence-corrected chi connectivity index (χ3v) is 2.02. The van der Waals surface area contributed by atoms with Crippen molar-refractivity contribution >= 4 is 23.1 Å². The number of aryl methyl sites for hydroxylation is 1. The molecule has 0 radical (unpaired) electrons. The van der Waals surface area contributed by atoms with Gasteiger partial charge in [-0.1, -0.05) is 13.0 Å². The summed E-state index contributed by atoms with van der Waals surface area (Å²) in [6, 6.07) is 3.90. The highest BCUT2D eigenvalue weighted by Gasteiger charge is 1.99. The van der Waals surface area contributed by atoms with Crippen molar-refractivity contribution in [2.75, 3.05) is 11.9 Å². The molecule has 0 fully saturated rings. The second-order valence-electron chi connectivity index (χ2n) is 3.05. The zero-order valence-electron chi connectivity index (χ0n) is 8.50. The average molecular weight is 209 g/mol. The van der Waals surface area contributed by atoms with Crippen LogP contribution in [0.2, 0.25) is 0 Å². The second-order valence-corrected chi connectivity index (χ2v) is 3.46. The summed E-state index contributed by atoms with van der Waals surface area (Å²) in [5.74, 6) is 0.820. The van der Waals surface area contributed by atoms with Crippen LogP contribution in [0, 0.1) is 6.92 Å². The Morgan fingerprint density at radius 3 is 3.00 bits per heavy atom. The molecular formula is C10H15N3S. The number of aromatic nitrogens is 1. The molecule has 0 bridgehead atoms. The molecule has 0 spiro atoms. The molecule has 1 aromatic rings. The van der Waals surface area contributed by atoms with Crippen LogP contribution in [-0.4, -0.2) is 16.6 Å². The van der Waals surface area contributed by atoms with Crippen molar-refractivity contribution in [3.8, 4) is 0 Å². The smallest absolute Gasteiger partial charge is 0.171 e. The highest BCUT2D eigenvalue weighted by Crippen LogP contribution is 2.08. The quantitative estimate of drug-likeness (QED) is 0.747. The van der Waals surface area contributed by atoms with Crippen LogP contribution in [-0.2, 0) is 0 Å². The van der Waals surface area contributed by atoms with Gasteiger partial charge in [-0.25, -0.2) is 4.98 Å². The van der Waals surface area contributed by atoms with Crippen molar-refractivity contribution in [3.05, 3.63) is 23.9 Å². The van der Waals surface area contributed by atoms with Gasteiger partial charge in [-0.2, -0.15) is 0 Å². The Morgan fingerprint density at radius 1 is 1.57 bits per heavy atom. The molecule has 0 saturated carbocycles. The van der Waals surface area contributed by atoms with Crippen LogP contribution in [0.25, 0.3) is 0 Å². The monoisotopic (exact) mass is 209 g/mol. The van der Waals surface area contributed by atoms with Gasteiger partial charge in [0.25, 0.3) is 0 Å². The molecule has 3 nitrogen and oxygen atoms in total. The van der Waals surface area contributed by atoms with Gasteiger partial charge >= 0.3 is 0 Å². The third kappa shape index (κ3) is 3.30. The summed E-state index contributed by atoms with van der Waals surface area (Å²) in [6.07, 6.45) is 2.81. The minimum Gasteiger partial charge on any atom is -0.362 e. The number of nitrogens with one attached hydrogen (secondary N) is 2. The van der Waals surface area contributed by atoms with E-state index in [1.54, 1.807) is 6.20 Å². The van der Waals surface area contributed by atoms with Crippen LogP contribution in [0.1, 0.15) is 18.9 Å². The molecule has 0 atom stereocenters. The van der Waals surface area contributed by atoms with Crippen molar-refractivity contribution in [1.82, 2.24) is 10.3 Å². The zero-order chi connectivity index (χ0) is 10.4. The summed E-state index contributed by atoms with van der Waals surface area (Å²) >= 11 is 5.10. The van der Waals surface area contributed by atoms with E-state index in [4.69, 9.17) is 12.2 Å². The second kappa shape index (κ2) is 5.54. The Labute approximate surface area is 89.9 Å². The Bertz CT molecular complexity index is 312. The predicted molar refractivity (Wildman–Crippen MR) is 63.5 cm³/mol. The van der Waals surface area contributed by atoms with Crippen LogP contribution >= 0.6 is 12.2 Å². The molecule has 0 unspecified atom stereocenters. The Morgan fingerprint density at radius 2 is 2.36 bits per heavy atom. The lowest BCUT2D eigenvalue weighted by atomic mass is 10.3. The number of pyridine rings is 1. The highest BCUT2D eigenvalue weighted by atomic mass is 32.1. The van der Waals surface area contributed by atoms with Crippen LogP contribution < -0.4 is 10.6 Å². The topological polar surface area (TPSA) is 37.0 Å². The van der Waals surface area contributed by atoms with E-state index < -0.39 is 0 Å². The fourth-order valence-electron chi connectivity index (χ4n) is 1.01. The lowest BCUT2D eigenvalue weighted by Gasteiger charge is -2.10. The first-order valence-electron chi connectivity index (χ1n) is 4.70. The highest BCUT2D eigenvalue weighted by molar-refractivity contribution is 7.80. The lowest BCUT2D eigenvalue weighted by Crippen LogP contribution is -2.29. The Hall–Kier alpha value is -1.16. The summed E-state index contributed by atoms with van der Waals surface area (Å²) in [5.41, 5.74) is 1.09. The van der Waals surface area contributed by atoms with E-state index in [2.05, 4.69) is 22.5 Å². The minimum atomic E-state index is 0.633. The van der Waals surface area contributed by atoms with E-state index in [0.29, 0.717) is 5.11 Å². The summed E-state index contributed by atoms with van der Waals surface area (Å²) in [7, 11) is 0. The summed E-state index contributed by atoms with van der Waals surface area (Å²) < 4.78 is 0. The van der Waals surface area contributed by atoms with Crippen LogP contribution in [0.4, 0.5) is 5.82 Å². The molecule has 1 aromatic heterocycles. The van der Waals surface area contributed by atoms with Gasteiger partial charge < -0.3 is 10.6 Å². The molecule has 0 aliphatic heterocycles. The zero-order valence-corrected chi connectivity index (χ0v) is 9.32. The first-order chi connectivity index (χ1) is 6.74. The molecule has 14 heavy (non-hydrogen) atoms. The minimum absolute atomic E-state index is 0.633. The number of anilines is 1. The maximum absolute atomic E-state index is 5.10. The Kier molecular flexibility index (Phi) is 4.32. The summed E-state index contributed by atoms with van der Waals surface area (Å²) in [4.78, 5) is 4.19. The summed E-state index contributed by atoms with van der Waals surface area (Å²) in [5, 5.41) is 6.78. The van der Waals surface area contributed by atoms with E-state index in [0.717, 1.165) is 24.3 Å². The molecule has 2 N–H and O–H groups in total. The molecule has 0 aliphatic rings. The first-order valence-corrected chi connectivity index (χ1v) is 5.11. The van der Waals surface area contributed by atoms with Crippen LogP contribution in [0.5, 0.6) is 0 Å². The van der Waals surface area contributed by atoms with Crippen LogP contribution in [0.15, 0.2) is 18.3 Å². The molecule has 1 heterocycles. The van der Waals surface area contributed by atoms with E-state index in [1.165, 1.54) is 0 Å². The predicted octanol–water partition coefficient (Wildman–Crippen LogP) is 2.09. The fourth-order valence-corrected chi connectivity index (χ4v) is 1.21. The molecular weight excluding hydrogens is 194 g/mol. The molecule has 4 heteroatoms. The standard InChI is InChI=1S/C10H15N3S/c1-3-6-12-10(14)13-9-8(2)5-4-7-11-9/h4-5,7H,3,6H2,1-2H3,(H2,11,12,13,14). The van der Waals surface area contributed by atoms with Gasteiger partial charge in [0, 0.05) is 12.7 Å². The van der Waals surface area contributed by atoms with Gasteiger partial charge in [-0.15, -0.1) is 0 Å². The van der Waals surface area contributed by atoms with Gasteiger partial charge in [0.15, 0.2) is 5.11 Å². The van der Waals surface area contributed by atoms with Crippen molar-refractivity contribution in [2.45, 2.75) is 20.3 Å². The number of hydrogen-bond donors (Lipinski definition) is 2. The normalized spacial score (nSPS) is 9.57. The molecule has 0 saturated heterocycles. The largest absolute Gasteiger partial charge is 0.362 e. The SMILES string of the molecule is CCCNC(=S)Nc1ncccc1C. The van der Waals surface area contributed by atoms with Crippen molar-refractivity contribution in [1.29, 1.82) is 0 Å². The summed E-state index contributed by atoms with van der Waals surface area (Å²) in [6.45, 7) is 4.98. The van der Waals surface area contributed by atoms with E-state index >= 15 is 0 Å². The van der Waals surface area contributed by atoms with Gasteiger partial charge in [-0.05, 0) is 37.2 Å². The number of thiocarbonyl (C=S) groups is 1. The van der Waals surface area contributed by atoms with Gasteiger partial charge in [0.1, 0.15) is 5.82 Å². The van der Waals surface area contributed by atoms with Gasteiger partial charge in [0.05, 0.1) is 0 Å². The number of hydrogen-bond acceptors (Lipinski definition) is 2. The average Bonchev–Trinajstić information content (AvgIpc) is 2.18. The molecule has 0 aromatic carbocycles. The van der Waals surface area contributed by atoms with E-state index in [-0.39, 0.29) is 0 Å². The van der Waals surface area contributed by atoms with Crippen molar-refractivity contribution < 1.29 is 0 Å².